The van der Waals surface area contributed by atoms with Crippen molar-refractivity contribution in [3.8, 4) is 5.75 Å². The predicted octanol–water partition coefficient (Wildman–Crippen LogP) is 1.51. The van der Waals surface area contributed by atoms with Crippen LogP contribution in [0.2, 0.25) is 0 Å². The van der Waals surface area contributed by atoms with Crippen LogP contribution in [0.25, 0.3) is 0 Å². The zero-order valence-electron chi connectivity index (χ0n) is 16.1. The lowest BCUT2D eigenvalue weighted by Gasteiger charge is -2.16. The van der Waals surface area contributed by atoms with Gasteiger partial charge in [-0.2, -0.15) is 0 Å². The highest BCUT2D eigenvalue weighted by Gasteiger charge is 2.17. The van der Waals surface area contributed by atoms with Gasteiger partial charge in [0.15, 0.2) is 0 Å². The molecule has 2 rings (SSSR count). The molecule has 7 nitrogen and oxygen atoms in total. The molecule has 0 radical (unpaired) electrons. The second-order valence-corrected chi connectivity index (χ2v) is 6.32. The average Bonchev–Trinajstić information content (AvgIpc) is 2.73. The topological polar surface area (TPSA) is 96.9 Å². The lowest BCUT2D eigenvalue weighted by atomic mass is 10.2. The number of hydrogen-bond donors (Lipinski definition) is 3. The fourth-order valence-corrected chi connectivity index (χ4v) is 2.40. The molecule has 0 aliphatic rings. The first-order valence-electron chi connectivity index (χ1n) is 9.02. The number of carbonyl (C=O) groups excluding carboxylic acids is 2. The standard InChI is InChI=1S/C21H26N2O5/c1-15(23-21(26)17-6-4-3-5-7-17)20(25)22-12-18(24)14-28-13-16-8-10-19(27-2)11-9-16/h3-11,15,18,24H,12-14H2,1-2H3,(H,22,25)(H,23,26). The van der Waals surface area contributed by atoms with Crippen molar-refractivity contribution >= 4 is 11.8 Å². The van der Waals surface area contributed by atoms with Crippen LogP contribution in [0, 0.1) is 0 Å². The normalized spacial score (nSPS) is 12.7. The van der Waals surface area contributed by atoms with Gasteiger partial charge >= 0.3 is 0 Å². The number of benzene rings is 2. The number of methoxy groups -OCH3 is 1. The zero-order chi connectivity index (χ0) is 20.4. The van der Waals surface area contributed by atoms with Gasteiger partial charge in [-0.3, -0.25) is 9.59 Å². The molecule has 2 aromatic rings. The first-order valence-corrected chi connectivity index (χ1v) is 9.02. The van der Waals surface area contributed by atoms with Gasteiger partial charge < -0.3 is 25.2 Å². The van der Waals surface area contributed by atoms with Crippen molar-refractivity contribution in [1.29, 1.82) is 0 Å². The summed E-state index contributed by atoms with van der Waals surface area (Å²) in [4.78, 5) is 24.1. The molecule has 0 heterocycles. The molecule has 0 spiro atoms. The highest BCUT2D eigenvalue weighted by molar-refractivity contribution is 5.97. The molecule has 0 fully saturated rings. The number of hydrogen-bond acceptors (Lipinski definition) is 5. The van der Waals surface area contributed by atoms with Crippen LogP contribution in [-0.4, -0.2) is 49.3 Å². The molecule has 7 heteroatoms. The van der Waals surface area contributed by atoms with Crippen LogP contribution >= 0.6 is 0 Å². The molecule has 2 atom stereocenters. The van der Waals surface area contributed by atoms with Crippen LogP contribution in [-0.2, 0) is 16.1 Å². The molecule has 2 aromatic carbocycles. The molecule has 28 heavy (non-hydrogen) atoms. The minimum atomic E-state index is -0.848. The molecule has 0 bridgehead atoms. The summed E-state index contributed by atoms with van der Waals surface area (Å²) in [5.74, 6) is 0.0603. The fraction of sp³-hybridized carbons (Fsp3) is 0.333. The molecule has 0 saturated heterocycles. The van der Waals surface area contributed by atoms with E-state index in [2.05, 4.69) is 10.6 Å². The molecule has 2 unspecified atom stereocenters. The molecular formula is C21H26N2O5. The van der Waals surface area contributed by atoms with Crippen molar-refractivity contribution in [3.63, 3.8) is 0 Å². The molecule has 0 aliphatic carbocycles. The van der Waals surface area contributed by atoms with E-state index in [1.165, 1.54) is 0 Å². The summed E-state index contributed by atoms with van der Waals surface area (Å²) < 4.78 is 10.5. The Labute approximate surface area is 164 Å². The predicted molar refractivity (Wildman–Crippen MR) is 105 cm³/mol. The number of aliphatic hydroxyl groups is 1. The monoisotopic (exact) mass is 386 g/mol. The quantitative estimate of drug-likeness (QED) is 0.575. The van der Waals surface area contributed by atoms with Gasteiger partial charge in [-0.05, 0) is 36.8 Å². The molecule has 0 aromatic heterocycles. The van der Waals surface area contributed by atoms with Gasteiger partial charge in [0.05, 0.1) is 26.4 Å². The fourth-order valence-electron chi connectivity index (χ4n) is 2.40. The summed E-state index contributed by atoms with van der Waals surface area (Å²) in [5, 5.41) is 15.2. The van der Waals surface area contributed by atoms with Crippen LogP contribution in [0.3, 0.4) is 0 Å². The SMILES string of the molecule is COc1ccc(COCC(O)CNC(=O)C(C)NC(=O)c2ccccc2)cc1. The number of amides is 2. The van der Waals surface area contributed by atoms with Gasteiger partial charge in [0, 0.05) is 12.1 Å². The van der Waals surface area contributed by atoms with E-state index in [1.54, 1.807) is 38.3 Å². The van der Waals surface area contributed by atoms with Crippen LogP contribution in [0.15, 0.2) is 54.6 Å². The van der Waals surface area contributed by atoms with Crippen LogP contribution in [0.1, 0.15) is 22.8 Å². The van der Waals surface area contributed by atoms with Crippen LogP contribution in [0.4, 0.5) is 0 Å². The number of carbonyl (C=O) groups is 2. The first-order chi connectivity index (χ1) is 13.5. The van der Waals surface area contributed by atoms with Crippen molar-refractivity contribution in [1.82, 2.24) is 10.6 Å². The maximum Gasteiger partial charge on any atom is 0.251 e. The van der Waals surface area contributed by atoms with E-state index in [0.29, 0.717) is 12.2 Å². The molecule has 150 valence electrons. The van der Waals surface area contributed by atoms with E-state index >= 15 is 0 Å². The third-order valence-corrected chi connectivity index (χ3v) is 4.03. The van der Waals surface area contributed by atoms with Gasteiger partial charge in [0.1, 0.15) is 11.8 Å². The highest BCUT2D eigenvalue weighted by Crippen LogP contribution is 2.11. The van der Waals surface area contributed by atoms with Gasteiger partial charge in [0.25, 0.3) is 5.91 Å². The second kappa shape index (κ2) is 11.1. The Morgan fingerprint density at radius 1 is 1.07 bits per heavy atom. The van der Waals surface area contributed by atoms with E-state index in [4.69, 9.17) is 9.47 Å². The number of aliphatic hydroxyl groups excluding tert-OH is 1. The Kier molecular flexibility index (Phi) is 8.45. The van der Waals surface area contributed by atoms with Crippen molar-refractivity contribution in [2.75, 3.05) is 20.3 Å². The Balaban J connectivity index is 1.66. The molecule has 0 aliphatic heterocycles. The van der Waals surface area contributed by atoms with E-state index in [-0.39, 0.29) is 25.0 Å². The maximum atomic E-state index is 12.1. The van der Waals surface area contributed by atoms with Gasteiger partial charge in [0.2, 0.25) is 5.91 Å². The summed E-state index contributed by atoms with van der Waals surface area (Å²) >= 11 is 0. The van der Waals surface area contributed by atoms with Crippen molar-refractivity contribution in [2.24, 2.45) is 0 Å². The minimum absolute atomic E-state index is 0.0347. The maximum absolute atomic E-state index is 12.1. The highest BCUT2D eigenvalue weighted by atomic mass is 16.5. The van der Waals surface area contributed by atoms with E-state index in [9.17, 15) is 14.7 Å². The number of ether oxygens (including phenoxy) is 2. The molecule has 2 amide bonds. The van der Waals surface area contributed by atoms with Crippen molar-refractivity contribution in [2.45, 2.75) is 25.7 Å². The third kappa shape index (κ3) is 7.02. The summed E-state index contributed by atoms with van der Waals surface area (Å²) in [7, 11) is 1.60. The molecule has 3 N–H and O–H groups in total. The lowest BCUT2D eigenvalue weighted by molar-refractivity contribution is -0.123. The Morgan fingerprint density at radius 3 is 2.39 bits per heavy atom. The van der Waals surface area contributed by atoms with Crippen molar-refractivity contribution < 1.29 is 24.2 Å². The largest absolute Gasteiger partial charge is 0.497 e. The summed E-state index contributed by atoms with van der Waals surface area (Å²) in [6, 6.07) is 15.4. The number of nitrogens with one attached hydrogen (secondary N) is 2. The van der Waals surface area contributed by atoms with E-state index in [0.717, 1.165) is 11.3 Å². The van der Waals surface area contributed by atoms with Gasteiger partial charge in [-0.15, -0.1) is 0 Å². The Bertz CT molecular complexity index is 749. The number of rotatable bonds is 10. The molecular weight excluding hydrogens is 360 g/mol. The minimum Gasteiger partial charge on any atom is -0.497 e. The van der Waals surface area contributed by atoms with Gasteiger partial charge in [-0.25, -0.2) is 0 Å². The first kappa shape index (κ1) is 21.4. The lowest BCUT2D eigenvalue weighted by Crippen LogP contribution is -2.47. The zero-order valence-corrected chi connectivity index (χ0v) is 16.1. The van der Waals surface area contributed by atoms with Crippen LogP contribution in [0.5, 0.6) is 5.75 Å². The Morgan fingerprint density at radius 2 is 1.75 bits per heavy atom. The summed E-state index contributed by atoms with van der Waals surface area (Å²) in [5.41, 5.74) is 1.43. The van der Waals surface area contributed by atoms with E-state index < -0.39 is 12.1 Å². The second-order valence-electron chi connectivity index (χ2n) is 6.32. The summed E-state index contributed by atoms with van der Waals surface area (Å²) in [6.07, 6.45) is -0.848. The van der Waals surface area contributed by atoms with Crippen LogP contribution < -0.4 is 15.4 Å². The van der Waals surface area contributed by atoms with Crippen molar-refractivity contribution in [3.05, 3.63) is 65.7 Å². The molecule has 0 saturated carbocycles. The smallest absolute Gasteiger partial charge is 0.251 e. The van der Waals surface area contributed by atoms with E-state index in [1.807, 2.05) is 30.3 Å². The third-order valence-electron chi connectivity index (χ3n) is 4.03. The average molecular weight is 386 g/mol. The Hall–Kier alpha value is -2.90. The van der Waals surface area contributed by atoms with Gasteiger partial charge in [-0.1, -0.05) is 30.3 Å². The summed E-state index contributed by atoms with van der Waals surface area (Å²) in [6.45, 7) is 2.05.